The van der Waals surface area contributed by atoms with Crippen molar-refractivity contribution in [3.63, 3.8) is 0 Å². The molecule has 0 aliphatic carbocycles. The van der Waals surface area contributed by atoms with Gasteiger partial charge in [0.15, 0.2) is 0 Å². The van der Waals surface area contributed by atoms with E-state index in [0.717, 1.165) is 0 Å². The van der Waals surface area contributed by atoms with E-state index in [-0.39, 0.29) is 29.6 Å². The molecule has 0 aliphatic heterocycles. The van der Waals surface area contributed by atoms with Crippen LogP contribution in [0.25, 0.3) is 0 Å². The third-order valence-electron chi connectivity index (χ3n) is 1.96. The van der Waals surface area contributed by atoms with Gasteiger partial charge in [0.1, 0.15) is 12.4 Å². The molecule has 0 atom stereocenters. The first kappa shape index (κ1) is 15.1. The summed E-state index contributed by atoms with van der Waals surface area (Å²) >= 11 is 0. The molecule has 18 heavy (non-hydrogen) atoms. The van der Waals surface area contributed by atoms with Crippen LogP contribution in [0.3, 0.4) is 0 Å². The first-order valence-electron chi connectivity index (χ1n) is 4.94. The van der Waals surface area contributed by atoms with Gasteiger partial charge >= 0.3 is 0 Å². The number of primary sulfonamides is 1. The SMILES string of the molecule is NS(=O)(=O)CCCNS(=O)(=O)c1ccc(CO)o1. The standard InChI is InChI=1S/C8H14N2O6S2/c9-17(12,13)5-1-4-10-18(14,15)8-3-2-7(6-11)16-8/h2-3,10-11H,1,4-6H2,(H2,9,12,13). The van der Waals surface area contributed by atoms with Gasteiger partial charge in [-0.25, -0.2) is 26.7 Å². The minimum Gasteiger partial charge on any atom is -0.446 e. The van der Waals surface area contributed by atoms with Crippen molar-refractivity contribution >= 4 is 20.0 Å². The van der Waals surface area contributed by atoms with Crippen LogP contribution in [-0.4, -0.2) is 34.2 Å². The van der Waals surface area contributed by atoms with Crippen LogP contribution in [0.15, 0.2) is 21.6 Å². The molecule has 0 saturated carbocycles. The fraction of sp³-hybridized carbons (Fsp3) is 0.500. The number of rotatable bonds is 7. The molecule has 0 saturated heterocycles. The van der Waals surface area contributed by atoms with Crippen LogP contribution in [0.4, 0.5) is 0 Å². The van der Waals surface area contributed by atoms with Crippen LogP contribution < -0.4 is 9.86 Å². The Hall–Kier alpha value is -0.940. The Balaban J connectivity index is 2.55. The highest BCUT2D eigenvalue weighted by molar-refractivity contribution is 7.89. The molecule has 0 fully saturated rings. The molecule has 8 nitrogen and oxygen atoms in total. The van der Waals surface area contributed by atoms with E-state index in [4.69, 9.17) is 14.7 Å². The van der Waals surface area contributed by atoms with Crippen LogP contribution in [0.5, 0.6) is 0 Å². The summed E-state index contributed by atoms with van der Waals surface area (Å²) in [6.45, 7) is -0.477. The molecule has 4 N–H and O–H groups in total. The van der Waals surface area contributed by atoms with Gasteiger partial charge in [0.05, 0.1) is 5.75 Å². The summed E-state index contributed by atoms with van der Waals surface area (Å²) in [5, 5.41) is 13.2. The summed E-state index contributed by atoms with van der Waals surface area (Å²) in [6.07, 6.45) is 0.0611. The average molecular weight is 298 g/mol. The Kier molecular flexibility index (Phi) is 4.87. The van der Waals surface area contributed by atoms with Gasteiger partial charge in [0.25, 0.3) is 10.0 Å². The molecule has 1 heterocycles. The van der Waals surface area contributed by atoms with Crippen molar-refractivity contribution in [2.45, 2.75) is 18.1 Å². The van der Waals surface area contributed by atoms with Gasteiger partial charge in [-0.2, -0.15) is 0 Å². The van der Waals surface area contributed by atoms with E-state index in [1.165, 1.54) is 12.1 Å². The molecule has 0 aliphatic rings. The zero-order valence-electron chi connectivity index (χ0n) is 9.37. The van der Waals surface area contributed by atoms with Crippen molar-refractivity contribution in [1.82, 2.24) is 4.72 Å². The van der Waals surface area contributed by atoms with Gasteiger partial charge in [-0.1, -0.05) is 0 Å². The molecule has 0 bridgehead atoms. The molecule has 0 amide bonds. The van der Waals surface area contributed by atoms with Gasteiger partial charge < -0.3 is 9.52 Å². The predicted octanol–water partition coefficient (Wildman–Crippen LogP) is -1.27. The lowest BCUT2D eigenvalue weighted by Crippen LogP contribution is -2.27. The zero-order chi connectivity index (χ0) is 13.8. The fourth-order valence-electron chi connectivity index (χ4n) is 1.14. The zero-order valence-corrected chi connectivity index (χ0v) is 11.0. The lowest BCUT2D eigenvalue weighted by Gasteiger charge is -2.03. The van der Waals surface area contributed by atoms with E-state index in [2.05, 4.69) is 4.72 Å². The largest absolute Gasteiger partial charge is 0.446 e. The Morgan fingerprint density at radius 1 is 1.28 bits per heavy atom. The highest BCUT2D eigenvalue weighted by Gasteiger charge is 2.18. The molecular formula is C8H14N2O6S2. The van der Waals surface area contributed by atoms with Gasteiger partial charge in [-0.05, 0) is 18.6 Å². The first-order valence-corrected chi connectivity index (χ1v) is 8.14. The van der Waals surface area contributed by atoms with Gasteiger partial charge in [-0.3, -0.25) is 0 Å². The normalized spacial score (nSPS) is 12.8. The summed E-state index contributed by atoms with van der Waals surface area (Å²) in [5.74, 6) is -0.185. The maximum atomic E-state index is 11.6. The molecule has 1 aromatic heterocycles. The number of nitrogens with two attached hydrogens (primary N) is 1. The number of hydrogen-bond donors (Lipinski definition) is 3. The maximum Gasteiger partial charge on any atom is 0.273 e. The quantitative estimate of drug-likeness (QED) is 0.536. The molecule has 1 rings (SSSR count). The average Bonchev–Trinajstić information content (AvgIpc) is 2.72. The number of hydrogen-bond acceptors (Lipinski definition) is 6. The monoisotopic (exact) mass is 298 g/mol. The summed E-state index contributed by atoms with van der Waals surface area (Å²) in [4.78, 5) is 0. The molecule has 0 spiro atoms. The van der Waals surface area contributed by atoms with Crippen LogP contribution in [-0.2, 0) is 26.7 Å². The summed E-state index contributed by atoms with van der Waals surface area (Å²) in [5.41, 5.74) is 0. The van der Waals surface area contributed by atoms with E-state index < -0.39 is 26.7 Å². The molecular weight excluding hydrogens is 284 g/mol. The van der Waals surface area contributed by atoms with Crippen molar-refractivity contribution in [3.05, 3.63) is 17.9 Å². The minimum absolute atomic E-state index is 0.0611. The minimum atomic E-state index is -3.83. The molecule has 104 valence electrons. The summed E-state index contributed by atoms with van der Waals surface area (Å²) in [6, 6.07) is 2.53. The Bertz CT molecular complexity index is 589. The Labute approximate surface area is 105 Å². The highest BCUT2D eigenvalue weighted by Crippen LogP contribution is 2.13. The van der Waals surface area contributed by atoms with E-state index in [1.54, 1.807) is 0 Å². The van der Waals surface area contributed by atoms with Crippen molar-refractivity contribution in [1.29, 1.82) is 0 Å². The van der Waals surface area contributed by atoms with Crippen molar-refractivity contribution < 1.29 is 26.4 Å². The van der Waals surface area contributed by atoms with Crippen LogP contribution in [0, 0.1) is 0 Å². The number of aliphatic hydroxyl groups is 1. The lowest BCUT2D eigenvalue weighted by molar-refractivity contribution is 0.236. The van der Waals surface area contributed by atoms with E-state index in [1.807, 2.05) is 0 Å². The second kappa shape index (κ2) is 5.80. The van der Waals surface area contributed by atoms with E-state index >= 15 is 0 Å². The molecule has 0 unspecified atom stereocenters. The number of nitrogens with one attached hydrogen (secondary N) is 1. The number of furan rings is 1. The van der Waals surface area contributed by atoms with Crippen LogP contribution in [0.1, 0.15) is 12.2 Å². The fourth-order valence-corrected chi connectivity index (χ4v) is 2.70. The second-order valence-electron chi connectivity index (χ2n) is 3.50. The topological polar surface area (TPSA) is 140 Å². The van der Waals surface area contributed by atoms with Gasteiger partial charge in [-0.15, -0.1) is 0 Å². The van der Waals surface area contributed by atoms with Crippen LogP contribution in [0.2, 0.25) is 0 Å². The third-order valence-corrected chi connectivity index (χ3v) is 4.15. The number of sulfonamides is 2. The highest BCUT2D eigenvalue weighted by atomic mass is 32.2. The molecule has 1 aromatic rings. The lowest BCUT2D eigenvalue weighted by atomic mass is 10.5. The number of aliphatic hydroxyl groups excluding tert-OH is 1. The smallest absolute Gasteiger partial charge is 0.273 e. The van der Waals surface area contributed by atoms with Crippen molar-refractivity contribution in [2.24, 2.45) is 5.14 Å². The van der Waals surface area contributed by atoms with Crippen molar-refractivity contribution in [2.75, 3.05) is 12.3 Å². The maximum absolute atomic E-state index is 11.6. The molecule has 0 radical (unpaired) electrons. The van der Waals surface area contributed by atoms with E-state index in [9.17, 15) is 16.8 Å². The Morgan fingerprint density at radius 3 is 2.44 bits per heavy atom. The van der Waals surface area contributed by atoms with E-state index in [0.29, 0.717) is 0 Å². The second-order valence-corrected chi connectivity index (χ2v) is 6.93. The third kappa shape index (κ3) is 4.74. The van der Waals surface area contributed by atoms with Gasteiger partial charge in [0, 0.05) is 6.54 Å². The predicted molar refractivity (Wildman–Crippen MR) is 62.4 cm³/mol. The molecule has 0 aromatic carbocycles. The molecule has 10 heteroatoms. The summed E-state index contributed by atoms with van der Waals surface area (Å²) in [7, 11) is -7.43. The Morgan fingerprint density at radius 2 is 1.94 bits per heavy atom. The van der Waals surface area contributed by atoms with Crippen molar-refractivity contribution in [3.8, 4) is 0 Å². The summed E-state index contributed by atoms with van der Waals surface area (Å²) < 4.78 is 51.5. The van der Waals surface area contributed by atoms with Crippen LogP contribution >= 0.6 is 0 Å². The van der Waals surface area contributed by atoms with Gasteiger partial charge in [0.2, 0.25) is 15.1 Å². The first-order chi connectivity index (χ1) is 8.24.